The lowest BCUT2D eigenvalue weighted by Gasteiger charge is -2.11. The van der Waals surface area contributed by atoms with Crippen molar-refractivity contribution in [2.24, 2.45) is 5.92 Å². The molecule has 1 heteroatoms. The average molecular weight is 172 g/mol. The monoisotopic (exact) mass is 172 g/mol. The molecule has 74 valence electrons. The molecule has 2 atom stereocenters. The summed E-state index contributed by atoms with van der Waals surface area (Å²) in [5, 5.41) is 0. The van der Waals surface area contributed by atoms with Gasteiger partial charge in [-0.15, -0.1) is 0 Å². The molecule has 0 aliphatic heterocycles. The quantitative estimate of drug-likeness (QED) is 0.533. The van der Waals surface area contributed by atoms with E-state index in [0.717, 1.165) is 18.9 Å². The van der Waals surface area contributed by atoms with Gasteiger partial charge in [0.05, 0.1) is 6.10 Å². The van der Waals surface area contributed by atoms with Gasteiger partial charge in [0.1, 0.15) is 0 Å². The largest absolute Gasteiger partial charge is 0.379 e. The molecule has 0 amide bonds. The molecule has 0 fully saturated rings. The molecule has 0 aliphatic rings. The zero-order valence-corrected chi connectivity index (χ0v) is 9.10. The van der Waals surface area contributed by atoms with Gasteiger partial charge in [-0.2, -0.15) is 0 Å². The molecule has 0 N–H and O–H groups in total. The van der Waals surface area contributed by atoms with E-state index >= 15 is 0 Å². The van der Waals surface area contributed by atoms with E-state index < -0.39 is 0 Å². The van der Waals surface area contributed by atoms with Crippen molar-refractivity contribution in [2.75, 3.05) is 6.61 Å². The standard InChI is InChI=1S/C11H24O/c1-5-10(3)8-7-9-12-11(4)6-2/h10-11H,5-9H2,1-4H3/t10?,11-/m1/s1. The van der Waals surface area contributed by atoms with Crippen molar-refractivity contribution in [1.29, 1.82) is 0 Å². The normalized spacial score (nSPS) is 16.0. The van der Waals surface area contributed by atoms with Crippen LogP contribution in [0.3, 0.4) is 0 Å². The van der Waals surface area contributed by atoms with Gasteiger partial charge in [-0.1, -0.05) is 27.2 Å². The Kier molecular flexibility index (Phi) is 7.58. The van der Waals surface area contributed by atoms with Gasteiger partial charge in [0.15, 0.2) is 0 Å². The Morgan fingerprint density at radius 1 is 1.08 bits per heavy atom. The van der Waals surface area contributed by atoms with Gasteiger partial charge in [0.2, 0.25) is 0 Å². The molecule has 0 aromatic carbocycles. The summed E-state index contributed by atoms with van der Waals surface area (Å²) in [6.45, 7) is 9.81. The van der Waals surface area contributed by atoms with Crippen LogP contribution in [0.25, 0.3) is 0 Å². The van der Waals surface area contributed by atoms with Crippen molar-refractivity contribution in [3.8, 4) is 0 Å². The predicted molar refractivity (Wildman–Crippen MR) is 54.4 cm³/mol. The van der Waals surface area contributed by atoms with E-state index in [4.69, 9.17) is 4.74 Å². The Morgan fingerprint density at radius 3 is 2.25 bits per heavy atom. The van der Waals surface area contributed by atoms with Crippen LogP contribution < -0.4 is 0 Å². The summed E-state index contributed by atoms with van der Waals surface area (Å²) >= 11 is 0. The lowest BCUT2D eigenvalue weighted by atomic mass is 10.0. The van der Waals surface area contributed by atoms with Crippen LogP contribution in [-0.2, 0) is 4.74 Å². The summed E-state index contributed by atoms with van der Waals surface area (Å²) in [5.74, 6) is 0.866. The second-order valence-electron chi connectivity index (χ2n) is 3.75. The van der Waals surface area contributed by atoms with Crippen LogP contribution in [0.4, 0.5) is 0 Å². The maximum atomic E-state index is 5.59. The molecular formula is C11H24O. The third kappa shape index (κ3) is 6.66. The van der Waals surface area contributed by atoms with E-state index in [-0.39, 0.29) is 0 Å². The highest BCUT2D eigenvalue weighted by molar-refractivity contribution is 4.51. The molecular weight excluding hydrogens is 148 g/mol. The summed E-state index contributed by atoms with van der Waals surface area (Å²) in [4.78, 5) is 0. The summed E-state index contributed by atoms with van der Waals surface area (Å²) in [5.41, 5.74) is 0. The highest BCUT2D eigenvalue weighted by Crippen LogP contribution is 2.09. The van der Waals surface area contributed by atoms with Gasteiger partial charge in [-0.3, -0.25) is 0 Å². The van der Waals surface area contributed by atoms with E-state index in [1.807, 2.05) is 0 Å². The van der Waals surface area contributed by atoms with Crippen LogP contribution in [0.15, 0.2) is 0 Å². The smallest absolute Gasteiger partial charge is 0.0544 e. The van der Waals surface area contributed by atoms with Crippen LogP contribution >= 0.6 is 0 Å². The average Bonchev–Trinajstić information content (AvgIpc) is 2.11. The van der Waals surface area contributed by atoms with Crippen LogP contribution in [-0.4, -0.2) is 12.7 Å². The van der Waals surface area contributed by atoms with Crippen molar-refractivity contribution in [3.63, 3.8) is 0 Å². The molecule has 0 spiro atoms. The molecule has 0 radical (unpaired) electrons. The second-order valence-corrected chi connectivity index (χ2v) is 3.75. The van der Waals surface area contributed by atoms with Gasteiger partial charge in [-0.05, 0) is 32.1 Å². The van der Waals surface area contributed by atoms with Crippen molar-refractivity contribution in [1.82, 2.24) is 0 Å². The first-order valence-corrected chi connectivity index (χ1v) is 5.32. The fourth-order valence-corrected chi connectivity index (χ4v) is 1.04. The topological polar surface area (TPSA) is 9.23 Å². The molecule has 0 aromatic rings. The van der Waals surface area contributed by atoms with Crippen LogP contribution in [0.1, 0.15) is 53.4 Å². The summed E-state index contributed by atoms with van der Waals surface area (Å²) < 4.78 is 5.59. The summed E-state index contributed by atoms with van der Waals surface area (Å²) in [6.07, 6.45) is 5.40. The van der Waals surface area contributed by atoms with Crippen LogP contribution in [0, 0.1) is 5.92 Å². The fraction of sp³-hybridized carbons (Fsp3) is 1.00. The Labute approximate surface area is 77.5 Å². The zero-order chi connectivity index (χ0) is 9.40. The molecule has 0 rings (SSSR count). The van der Waals surface area contributed by atoms with Crippen LogP contribution in [0.2, 0.25) is 0 Å². The van der Waals surface area contributed by atoms with Crippen molar-refractivity contribution < 1.29 is 4.74 Å². The predicted octanol–water partition coefficient (Wildman–Crippen LogP) is 3.63. The summed E-state index contributed by atoms with van der Waals surface area (Å²) in [6, 6.07) is 0. The number of hydrogen-bond acceptors (Lipinski definition) is 1. The van der Waals surface area contributed by atoms with E-state index in [1.165, 1.54) is 19.3 Å². The number of ether oxygens (including phenoxy) is 1. The minimum atomic E-state index is 0.446. The van der Waals surface area contributed by atoms with Gasteiger partial charge >= 0.3 is 0 Å². The molecule has 1 nitrogen and oxygen atoms in total. The van der Waals surface area contributed by atoms with Crippen molar-refractivity contribution >= 4 is 0 Å². The van der Waals surface area contributed by atoms with E-state index in [9.17, 15) is 0 Å². The first-order chi connectivity index (χ1) is 5.70. The Balaban J connectivity index is 3.10. The lowest BCUT2D eigenvalue weighted by molar-refractivity contribution is 0.0592. The van der Waals surface area contributed by atoms with E-state index in [1.54, 1.807) is 0 Å². The fourth-order valence-electron chi connectivity index (χ4n) is 1.04. The first-order valence-electron chi connectivity index (χ1n) is 5.32. The highest BCUT2D eigenvalue weighted by Gasteiger charge is 2.00. The third-order valence-electron chi connectivity index (χ3n) is 2.52. The maximum absolute atomic E-state index is 5.59. The van der Waals surface area contributed by atoms with Gasteiger partial charge < -0.3 is 4.74 Å². The Hall–Kier alpha value is -0.0400. The molecule has 0 aromatic heterocycles. The third-order valence-corrected chi connectivity index (χ3v) is 2.52. The second kappa shape index (κ2) is 7.60. The van der Waals surface area contributed by atoms with Gasteiger partial charge in [-0.25, -0.2) is 0 Å². The molecule has 0 saturated carbocycles. The number of rotatable bonds is 7. The summed E-state index contributed by atoms with van der Waals surface area (Å²) in [7, 11) is 0. The Morgan fingerprint density at radius 2 is 1.75 bits per heavy atom. The molecule has 0 heterocycles. The van der Waals surface area contributed by atoms with Crippen molar-refractivity contribution in [3.05, 3.63) is 0 Å². The van der Waals surface area contributed by atoms with Gasteiger partial charge in [0, 0.05) is 6.61 Å². The lowest BCUT2D eigenvalue weighted by Crippen LogP contribution is -2.08. The van der Waals surface area contributed by atoms with Crippen molar-refractivity contribution in [2.45, 2.75) is 59.5 Å². The number of hydrogen-bond donors (Lipinski definition) is 0. The Bertz CT molecular complexity index is 79.0. The SMILES string of the molecule is CCC(C)CCCO[C@H](C)CC. The van der Waals surface area contributed by atoms with Crippen LogP contribution in [0.5, 0.6) is 0 Å². The highest BCUT2D eigenvalue weighted by atomic mass is 16.5. The molecule has 1 unspecified atom stereocenters. The molecule has 0 aliphatic carbocycles. The minimum Gasteiger partial charge on any atom is -0.379 e. The zero-order valence-electron chi connectivity index (χ0n) is 9.10. The van der Waals surface area contributed by atoms with E-state index in [2.05, 4.69) is 27.7 Å². The minimum absolute atomic E-state index is 0.446. The molecule has 0 bridgehead atoms. The molecule has 0 saturated heterocycles. The van der Waals surface area contributed by atoms with Gasteiger partial charge in [0.25, 0.3) is 0 Å². The molecule has 12 heavy (non-hydrogen) atoms. The maximum Gasteiger partial charge on any atom is 0.0544 e. The first kappa shape index (κ1) is 12.0. The van der Waals surface area contributed by atoms with E-state index in [0.29, 0.717) is 6.10 Å².